The summed E-state index contributed by atoms with van der Waals surface area (Å²) in [5.41, 5.74) is -0.107. The zero-order chi connectivity index (χ0) is 10.6. The van der Waals surface area contributed by atoms with E-state index in [-0.39, 0.29) is 23.8 Å². The number of aliphatic hydroxyl groups excluding tert-OH is 1. The van der Waals surface area contributed by atoms with Crippen molar-refractivity contribution in [1.29, 1.82) is 0 Å². The van der Waals surface area contributed by atoms with E-state index < -0.39 is 0 Å². The van der Waals surface area contributed by atoms with Crippen molar-refractivity contribution in [3.05, 3.63) is 0 Å². The molecular weight excluding hydrogens is 178 g/mol. The normalized spacial score (nSPS) is 16.8. The molecule has 0 aromatic rings. The molecule has 0 aromatic carbocycles. The maximum Gasteiger partial charge on any atom is 0.223 e. The standard InChI is InChI=1S/C11H21NO2/c1-3-11(4-2,8-13)7-12-10(14)9-5-6-9/h9,13H,3-8H2,1-2H3,(H,12,14). The minimum absolute atomic E-state index is 0.107. The lowest BCUT2D eigenvalue weighted by molar-refractivity contribution is -0.123. The average molecular weight is 199 g/mol. The molecule has 0 bridgehead atoms. The molecule has 0 heterocycles. The number of hydrogen-bond donors (Lipinski definition) is 2. The van der Waals surface area contributed by atoms with Crippen molar-refractivity contribution in [1.82, 2.24) is 5.32 Å². The third kappa shape index (κ3) is 2.71. The molecule has 1 saturated carbocycles. The third-order valence-corrected chi connectivity index (χ3v) is 3.42. The van der Waals surface area contributed by atoms with Crippen molar-refractivity contribution in [2.24, 2.45) is 11.3 Å². The predicted octanol–water partition coefficient (Wildman–Crippen LogP) is 1.31. The first-order valence-corrected chi connectivity index (χ1v) is 5.56. The van der Waals surface area contributed by atoms with E-state index >= 15 is 0 Å². The molecule has 3 heteroatoms. The second kappa shape index (κ2) is 4.78. The molecule has 0 saturated heterocycles. The molecule has 0 atom stereocenters. The maximum atomic E-state index is 11.4. The fourth-order valence-electron chi connectivity index (χ4n) is 1.54. The van der Waals surface area contributed by atoms with Gasteiger partial charge in [-0.05, 0) is 25.7 Å². The molecule has 14 heavy (non-hydrogen) atoms. The molecular formula is C11H21NO2. The highest BCUT2D eigenvalue weighted by atomic mass is 16.3. The Bertz CT molecular complexity index is 187. The number of aliphatic hydroxyl groups is 1. The van der Waals surface area contributed by atoms with Crippen LogP contribution in [0.25, 0.3) is 0 Å². The van der Waals surface area contributed by atoms with E-state index in [1.807, 2.05) is 0 Å². The van der Waals surface area contributed by atoms with Crippen LogP contribution in [0.2, 0.25) is 0 Å². The smallest absolute Gasteiger partial charge is 0.223 e. The van der Waals surface area contributed by atoms with Crippen molar-refractivity contribution in [3.63, 3.8) is 0 Å². The van der Waals surface area contributed by atoms with E-state index in [9.17, 15) is 9.90 Å². The van der Waals surface area contributed by atoms with Gasteiger partial charge in [0.2, 0.25) is 5.91 Å². The zero-order valence-electron chi connectivity index (χ0n) is 9.18. The Kier molecular flexibility index (Phi) is 3.93. The summed E-state index contributed by atoms with van der Waals surface area (Å²) in [6.07, 6.45) is 3.89. The van der Waals surface area contributed by atoms with Gasteiger partial charge in [0.25, 0.3) is 0 Å². The maximum absolute atomic E-state index is 11.4. The van der Waals surface area contributed by atoms with Gasteiger partial charge in [-0.2, -0.15) is 0 Å². The van der Waals surface area contributed by atoms with Gasteiger partial charge in [0.05, 0.1) is 6.61 Å². The van der Waals surface area contributed by atoms with Gasteiger partial charge in [-0.3, -0.25) is 4.79 Å². The van der Waals surface area contributed by atoms with Crippen LogP contribution in [0.3, 0.4) is 0 Å². The molecule has 0 unspecified atom stereocenters. The fraction of sp³-hybridized carbons (Fsp3) is 0.909. The van der Waals surface area contributed by atoms with Gasteiger partial charge in [0, 0.05) is 17.9 Å². The lowest BCUT2D eigenvalue weighted by Crippen LogP contribution is -2.39. The van der Waals surface area contributed by atoms with Crippen LogP contribution in [0.1, 0.15) is 39.5 Å². The van der Waals surface area contributed by atoms with Gasteiger partial charge in [-0.15, -0.1) is 0 Å². The Morgan fingerprint density at radius 3 is 2.36 bits per heavy atom. The molecule has 0 spiro atoms. The predicted molar refractivity (Wildman–Crippen MR) is 55.8 cm³/mol. The first-order chi connectivity index (χ1) is 6.67. The highest BCUT2D eigenvalue weighted by molar-refractivity contribution is 5.80. The van der Waals surface area contributed by atoms with Crippen LogP contribution in [0.5, 0.6) is 0 Å². The molecule has 0 radical (unpaired) electrons. The van der Waals surface area contributed by atoms with E-state index in [1.54, 1.807) is 0 Å². The first-order valence-electron chi connectivity index (χ1n) is 5.56. The fourth-order valence-corrected chi connectivity index (χ4v) is 1.54. The minimum atomic E-state index is -0.107. The van der Waals surface area contributed by atoms with Crippen LogP contribution in [0.4, 0.5) is 0 Å². The molecule has 2 N–H and O–H groups in total. The van der Waals surface area contributed by atoms with Gasteiger partial charge in [0.1, 0.15) is 0 Å². The summed E-state index contributed by atoms with van der Waals surface area (Å²) < 4.78 is 0. The molecule has 1 aliphatic carbocycles. The second-order valence-electron chi connectivity index (χ2n) is 4.36. The number of rotatable bonds is 6. The highest BCUT2D eigenvalue weighted by Crippen LogP contribution is 2.30. The van der Waals surface area contributed by atoms with Crippen LogP contribution < -0.4 is 5.32 Å². The molecule has 0 aliphatic heterocycles. The Labute approximate surface area is 85.9 Å². The minimum Gasteiger partial charge on any atom is -0.396 e. The zero-order valence-corrected chi connectivity index (χ0v) is 9.18. The topological polar surface area (TPSA) is 49.3 Å². The summed E-state index contributed by atoms with van der Waals surface area (Å²) in [5.74, 6) is 0.435. The van der Waals surface area contributed by atoms with Crippen LogP contribution >= 0.6 is 0 Å². The summed E-state index contributed by atoms with van der Waals surface area (Å²) >= 11 is 0. The van der Waals surface area contributed by atoms with E-state index in [0.717, 1.165) is 25.7 Å². The van der Waals surface area contributed by atoms with Crippen LogP contribution in [-0.2, 0) is 4.79 Å². The third-order valence-electron chi connectivity index (χ3n) is 3.42. The Morgan fingerprint density at radius 1 is 1.43 bits per heavy atom. The molecule has 82 valence electrons. The second-order valence-corrected chi connectivity index (χ2v) is 4.36. The van der Waals surface area contributed by atoms with Crippen LogP contribution in [-0.4, -0.2) is 24.2 Å². The van der Waals surface area contributed by atoms with Crippen LogP contribution in [0, 0.1) is 11.3 Å². The number of amides is 1. The molecule has 1 amide bonds. The van der Waals surface area contributed by atoms with Crippen molar-refractivity contribution in [3.8, 4) is 0 Å². The van der Waals surface area contributed by atoms with Crippen molar-refractivity contribution < 1.29 is 9.90 Å². The van der Waals surface area contributed by atoms with Crippen molar-refractivity contribution in [2.45, 2.75) is 39.5 Å². The quantitative estimate of drug-likeness (QED) is 0.677. The Hall–Kier alpha value is -0.570. The van der Waals surface area contributed by atoms with Gasteiger partial charge in [0.15, 0.2) is 0 Å². The molecule has 1 rings (SSSR count). The lowest BCUT2D eigenvalue weighted by Gasteiger charge is -2.29. The number of carbonyl (C=O) groups excluding carboxylic acids is 1. The molecule has 1 fully saturated rings. The van der Waals surface area contributed by atoms with Gasteiger partial charge < -0.3 is 10.4 Å². The van der Waals surface area contributed by atoms with Crippen molar-refractivity contribution >= 4 is 5.91 Å². The SMILES string of the molecule is CCC(CC)(CO)CNC(=O)C1CC1. The number of hydrogen-bond acceptors (Lipinski definition) is 2. The van der Waals surface area contributed by atoms with E-state index in [2.05, 4.69) is 19.2 Å². The molecule has 0 aromatic heterocycles. The molecule has 1 aliphatic rings. The van der Waals surface area contributed by atoms with Gasteiger partial charge in [-0.25, -0.2) is 0 Å². The summed E-state index contributed by atoms with van der Waals surface area (Å²) in [6.45, 7) is 4.89. The Morgan fingerprint density at radius 2 is 2.00 bits per heavy atom. The van der Waals surface area contributed by atoms with Crippen molar-refractivity contribution in [2.75, 3.05) is 13.2 Å². The van der Waals surface area contributed by atoms with Crippen LogP contribution in [0.15, 0.2) is 0 Å². The van der Waals surface area contributed by atoms with E-state index in [1.165, 1.54) is 0 Å². The summed E-state index contributed by atoms with van der Waals surface area (Å²) in [5, 5.41) is 12.2. The average Bonchev–Trinajstić information content (AvgIpc) is 3.04. The van der Waals surface area contributed by atoms with Gasteiger partial charge >= 0.3 is 0 Å². The number of nitrogens with one attached hydrogen (secondary N) is 1. The summed E-state index contributed by atoms with van der Waals surface area (Å²) in [4.78, 5) is 11.4. The first kappa shape index (κ1) is 11.5. The highest BCUT2D eigenvalue weighted by Gasteiger charge is 2.32. The van der Waals surface area contributed by atoms with E-state index in [4.69, 9.17) is 0 Å². The monoisotopic (exact) mass is 199 g/mol. The number of carbonyl (C=O) groups is 1. The molecule has 3 nitrogen and oxygen atoms in total. The van der Waals surface area contributed by atoms with Gasteiger partial charge in [-0.1, -0.05) is 13.8 Å². The van der Waals surface area contributed by atoms with E-state index in [0.29, 0.717) is 6.54 Å². The summed E-state index contributed by atoms with van der Waals surface area (Å²) in [7, 11) is 0. The lowest BCUT2D eigenvalue weighted by atomic mass is 9.83. The summed E-state index contributed by atoms with van der Waals surface area (Å²) in [6, 6.07) is 0. The Balaban J connectivity index is 2.34. The largest absolute Gasteiger partial charge is 0.396 e.